The van der Waals surface area contributed by atoms with Crippen LogP contribution in [0.5, 0.6) is 0 Å². The summed E-state index contributed by atoms with van der Waals surface area (Å²) < 4.78 is 23.9. The van der Waals surface area contributed by atoms with Crippen LogP contribution >= 0.6 is 0 Å². The van der Waals surface area contributed by atoms with Crippen molar-refractivity contribution < 1.29 is 8.42 Å². The van der Waals surface area contributed by atoms with E-state index >= 15 is 0 Å². The average Bonchev–Trinajstić information content (AvgIpc) is 2.84. The normalized spacial score (nSPS) is 19.8. The molecule has 2 rings (SSSR count). The summed E-state index contributed by atoms with van der Waals surface area (Å²) in [6, 6.07) is 0. The van der Waals surface area contributed by atoms with Crippen molar-refractivity contribution in [1.29, 1.82) is 0 Å². The van der Waals surface area contributed by atoms with E-state index in [4.69, 9.17) is 5.14 Å². The Kier molecular flexibility index (Phi) is 2.19. The zero-order chi connectivity index (χ0) is 12.2. The number of aryl methyl sites for hydroxylation is 1. The summed E-state index contributed by atoms with van der Waals surface area (Å²) in [5.74, 6) is 0.700. The first kappa shape index (κ1) is 11.5. The number of hydrogen-bond acceptors (Lipinski definition) is 4. The van der Waals surface area contributed by atoms with E-state index in [0.29, 0.717) is 5.82 Å². The van der Waals surface area contributed by atoms with Crippen molar-refractivity contribution in [3.63, 3.8) is 0 Å². The second kappa shape index (κ2) is 3.04. The van der Waals surface area contributed by atoms with E-state index in [0.717, 1.165) is 12.8 Å². The van der Waals surface area contributed by atoms with Crippen molar-refractivity contribution in [2.45, 2.75) is 36.9 Å². The third kappa shape index (κ3) is 1.31. The summed E-state index contributed by atoms with van der Waals surface area (Å²) in [5, 5.41) is 9.30. The van der Waals surface area contributed by atoms with Gasteiger partial charge in [0.1, 0.15) is 12.2 Å². The van der Waals surface area contributed by atoms with Crippen LogP contribution in [0, 0.1) is 0 Å². The smallest absolute Gasteiger partial charge is 0.215 e. The summed E-state index contributed by atoms with van der Waals surface area (Å²) in [5.41, 5.74) is -0.480. The molecule has 1 aromatic heterocycles. The van der Waals surface area contributed by atoms with Gasteiger partial charge in [-0.15, -0.1) is 0 Å². The van der Waals surface area contributed by atoms with Crippen LogP contribution in [0.2, 0.25) is 0 Å². The molecule has 0 radical (unpaired) electrons. The number of rotatable bonds is 3. The van der Waals surface area contributed by atoms with Crippen LogP contribution in [0.3, 0.4) is 0 Å². The van der Waals surface area contributed by atoms with E-state index in [1.165, 1.54) is 6.33 Å². The monoisotopic (exact) mass is 244 g/mol. The average molecular weight is 244 g/mol. The molecule has 0 saturated heterocycles. The number of primary sulfonamides is 1. The van der Waals surface area contributed by atoms with Gasteiger partial charge in [0.2, 0.25) is 10.0 Å². The van der Waals surface area contributed by atoms with Gasteiger partial charge in [0.05, 0.1) is 10.2 Å². The van der Waals surface area contributed by atoms with E-state index in [2.05, 4.69) is 10.1 Å². The molecule has 0 aliphatic heterocycles. The minimum absolute atomic E-state index is 0.480. The SMILES string of the molecule is Cn1ncnc1C1(C(C)(C)S(N)(=O)=O)CC1. The summed E-state index contributed by atoms with van der Waals surface area (Å²) in [6.07, 6.45) is 3.00. The zero-order valence-electron chi connectivity index (χ0n) is 9.64. The highest BCUT2D eigenvalue weighted by Gasteiger charge is 2.63. The lowest BCUT2D eigenvalue weighted by molar-refractivity contribution is 0.439. The molecule has 1 fully saturated rings. The van der Waals surface area contributed by atoms with Crippen LogP contribution in [0.25, 0.3) is 0 Å². The molecule has 0 aromatic carbocycles. The standard InChI is InChI=1S/C9H16N4O2S/c1-8(2,16(10,14)15)9(4-5-9)7-11-6-12-13(7)3/h6H,4-5H2,1-3H3,(H2,10,14,15). The second-order valence-electron chi connectivity index (χ2n) is 4.84. The van der Waals surface area contributed by atoms with E-state index in [-0.39, 0.29) is 0 Å². The van der Waals surface area contributed by atoms with Crippen LogP contribution in [-0.2, 0) is 22.5 Å². The quantitative estimate of drug-likeness (QED) is 0.804. The number of aromatic nitrogens is 3. The Balaban J connectivity index is 2.54. The Hall–Kier alpha value is -0.950. The van der Waals surface area contributed by atoms with E-state index in [1.807, 2.05) is 0 Å². The molecule has 1 aliphatic rings. The maximum atomic E-state index is 11.7. The molecule has 0 amide bonds. The molecule has 0 spiro atoms. The van der Waals surface area contributed by atoms with Crippen molar-refractivity contribution in [1.82, 2.24) is 14.8 Å². The highest BCUT2D eigenvalue weighted by molar-refractivity contribution is 7.90. The van der Waals surface area contributed by atoms with Gasteiger partial charge in [-0.1, -0.05) is 0 Å². The topological polar surface area (TPSA) is 90.9 Å². The molecular weight excluding hydrogens is 228 g/mol. The maximum absolute atomic E-state index is 11.7. The lowest BCUT2D eigenvalue weighted by atomic mass is 9.90. The molecule has 2 N–H and O–H groups in total. The first-order valence-electron chi connectivity index (χ1n) is 5.09. The van der Waals surface area contributed by atoms with Crippen LogP contribution in [0.1, 0.15) is 32.5 Å². The predicted molar refractivity (Wildman–Crippen MR) is 59.1 cm³/mol. The Bertz CT molecular complexity index is 513. The fourth-order valence-electron chi connectivity index (χ4n) is 2.22. The molecule has 16 heavy (non-hydrogen) atoms. The van der Waals surface area contributed by atoms with E-state index in [1.54, 1.807) is 25.6 Å². The Morgan fingerprint density at radius 2 is 2.06 bits per heavy atom. The van der Waals surface area contributed by atoms with Crippen molar-refractivity contribution in [2.75, 3.05) is 0 Å². The molecule has 7 heteroatoms. The third-order valence-electron chi connectivity index (χ3n) is 3.75. The van der Waals surface area contributed by atoms with Gasteiger partial charge in [-0.2, -0.15) is 5.10 Å². The molecule has 90 valence electrons. The fraction of sp³-hybridized carbons (Fsp3) is 0.778. The first-order chi connectivity index (χ1) is 7.22. The van der Waals surface area contributed by atoms with Crippen molar-refractivity contribution in [2.24, 2.45) is 12.2 Å². The minimum Gasteiger partial charge on any atom is -0.253 e. The molecule has 0 bridgehead atoms. The minimum atomic E-state index is -3.62. The maximum Gasteiger partial charge on any atom is 0.215 e. The van der Waals surface area contributed by atoms with E-state index in [9.17, 15) is 8.42 Å². The molecular formula is C9H16N4O2S. The largest absolute Gasteiger partial charge is 0.253 e. The third-order valence-corrected chi connectivity index (χ3v) is 5.57. The summed E-state index contributed by atoms with van der Waals surface area (Å²) in [7, 11) is -1.86. The Morgan fingerprint density at radius 1 is 1.50 bits per heavy atom. The van der Waals surface area contributed by atoms with Crippen molar-refractivity contribution in [3.8, 4) is 0 Å². The number of nitrogens with two attached hydrogens (primary N) is 1. The Labute approximate surface area is 94.9 Å². The van der Waals surface area contributed by atoms with Gasteiger partial charge in [-0.05, 0) is 26.7 Å². The van der Waals surface area contributed by atoms with Crippen LogP contribution in [0.4, 0.5) is 0 Å². The highest BCUT2D eigenvalue weighted by atomic mass is 32.2. The summed E-state index contributed by atoms with van der Waals surface area (Å²) in [6.45, 7) is 3.31. The van der Waals surface area contributed by atoms with Gasteiger partial charge in [-0.3, -0.25) is 4.68 Å². The zero-order valence-corrected chi connectivity index (χ0v) is 10.5. The van der Waals surface area contributed by atoms with Crippen LogP contribution in [0.15, 0.2) is 6.33 Å². The van der Waals surface area contributed by atoms with Crippen LogP contribution < -0.4 is 5.14 Å². The second-order valence-corrected chi connectivity index (χ2v) is 6.96. The summed E-state index contributed by atoms with van der Waals surface area (Å²) >= 11 is 0. The molecule has 6 nitrogen and oxygen atoms in total. The van der Waals surface area contributed by atoms with E-state index < -0.39 is 20.2 Å². The molecule has 1 aromatic rings. The number of nitrogens with zero attached hydrogens (tertiary/aromatic N) is 3. The molecule has 1 heterocycles. The molecule has 1 aliphatic carbocycles. The van der Waals surface area contributed by atoms with Crippen molar-refractivity contribution in [3.05, 3.63) is 12.2 Å². The molecule has 0 unspecified atom stereocenters. The predicted octanol–water partition coefficient (Wildman–Crippen LogP) is -0.0862. The van der Waals surface area contributed by atoms with Crippen molar-refractivity contribution >= 4 is 10.0 Å². The van der Waals surface area contributed by atoms with Gasteiger partial charge in [0.15, 0.2) is 0 Å². The molecule has 0 atom stereocenters. The van der Waals surface area contributed by atoms with Gasteiger partial charge < -0.3 is 0 Å². The number of sulfonamides is 1. The van der Waals surface area contributed by atoms with Gasteiger partial charge in [0, 0.05) is 7.05 Å². The lowest BCUT2D eigenvalue weighted by Gasteiger charge is -2.31. The lowest BCUT2D eigenvalue weighted by Crippen LogP contribution is -2.48. The van der Waals surface area contributed by atoms with Gasteiger partial charge in [0.25, 0.3) is 0 Å². The Morgan fingerprint density at radius 3 is 2.38 bits per heavy atom. The van der Waals surface area contributed by atoms with Crippen LogP contribution in [-0.4, -0.2) is 27.9 Å². The summed E-state index contributed by atoms with van der Waals surface area (Å²) in [4.78, 5) is 4.16. The highest BCUT2D eigenvalue weighted by Crippen LogP contribution is 2.57. The molecule has 1 saturated carbocycles. The number of hydrogen-bond donors (Lipinski definition) is 1. The first-order valence-corrected chi connectivity index (χ1v) is 6.64. The fourth-order valence-corrected chi connectivity index (χ4v) is 3.06. The van der Waals surface area contributed by atoms with Gasteiger partial charge in [-0.25, -0.2) is 18.5 Å². The van der Waals surface area contributed by atoms with Gasteiger partial charge >= 0.3 is 0 Å².